The standard InChI is InChI=1S/C14H16N4O3/c1-10-5-6-16-18(10)8-7-15-13(20)14(21)17-11-3-2-4-12(19)9-11/h2-6,9,19H,7-8H2,1H3,(H,15,20)(H,17,21). The topological polar surface area (TPSA) is 96.2 Å². The normalized spacial score (nSPS) is 10.1. The molecule has 0 aliphatic carbocycles. The van der Waals surface area contributed by atoms with Crippen LogP contribution < -0.4 is 10.6 Å². The Labute approximate surface area is 121 Å². The number of rotatable bonds is 4. The monoisotopic (exact) mass is 288 g/mol. The second kappa shape index (κ2) is 6.56. The summed E-state index contributed by atoms with van der Waals surface area (Å²) in [6.07, 6.45) is 1.67. The van der Waals surface area contributed by atoms with Crippen molar-refractivity contribution in [2.24, 2.45) is 0 Å². The molecule has 1 aromatic carbocycles. The number of benzene rings is 1. The predicted octanol–water partition coefficient (Wildman–Crippen LogP) is 0.652. The summed E-state index contributed by atoms with van der Waals surface area (Å²) in [6.45, 7) is 2.70. The average molecular weight is 288 g/mol. The van der Waals surface area contributed by atoms with Gasteiger partial charge in [0, 0.05) is 30.2 Å². The number of amides is 2. The third-order valence-corrected chi connectivity index (χ3v) is 2.85. The lowest BCUT2D eigenvalue weighted by molar-refractivity contribution is -0.136. The summed E-state index contributed by atoms with van der Waals surface area (Å²) in [7, 11) is 0. The van der Waals surface area contributed by atoms with Crippen LogP contribution in [0.25, 0.3) is 0 Å². The smallest absolute Gasteiger partial charge is 0.313 e. The number of anilines is 1. The van der Waals surface area contributed by atoms with E-state index in [-0.39, 0.29) is 5.75 Å². The van der Waals surface area contributed by atoms with E-state index in [9.17, 15) is 14.7 Å². The maximum atomic E-state index is 11.7. The highest BCUT2D eigenvalue weighted by atomic mass is 16.3. The van der Waals surface area contributed by atoms with E-state index >= 15 is 0 Å². The molecule has 1 heterocycles. The van der Waals surface area contributed by atoms with Crippen molar-refractivity contribution in [2.45, 2.75) is 13.5 Å². The first-order chi connectivity index (χ1) is 10.1. The van der Waals surface area contributed by atoms with Crippen molar-refractivity contribution in [3.05, 3.63) is 42.2 Å². The van der Waals surface area contributed by atoms with E-state index in [2.05, 4.69) is 15.7 Å². The molecular weight excluding hydrogens is 272 g/mol. The third-order valence-electron chi connectivity index (χ3n) is 2.85. The van der Waals surface area contributed by atoms with Crippen LogP contribution in [-0.2, 0) is 16.1 Å². The number of carbonyl (C=O) groups is 2. The summed E-state index contributed by atoms with van der Waals surface area (Å²) in [4.78, 5) is 23.3. The van der Waals surface area contributed by atoms with Gasteiger partial charge in [-0.05, 0) is 25.1 Å². The molecule has 0 aliphatic heterocycles. The Morgan fingerprint density at radius 2 is 2.10 bits per heavy atom. The fourth-order valence-electron chi connectivity index (χ4n) is 1.76. The lowest BCUT2D eigenvalue weighted by Gasteiger charge is -2.07. The maximum Gasteiger partial charge on any atom is 0.313 e. The number of aromatic nitrogens is 2. The number of nitrogens with zero attached hydrogens (tertiary/aromatic N) is 2. The number of phenols is 1. The van der Waals surface area contributed by atoms with Crippen LogP contribution in [0, 0.1) is 6.92 Å². The van der Waals surface area contributed by atoms with Crippen molar-refractivity contribution in [2.75, 3.05) is 11.9 Å². The van der Waals surface area contributed by atoms with Crippen LogP contribution in [0.2, 0.25) is 0 Å². The lowest BCUT2D eigenvalue weighted by Crippen LogP contribution is -2.37. The van der Waals surface area contributed by atoms with E-state index in [4.69, 9.17) is 0 Å². The predicted molar refractivity (Wildman–Crippen MR) is 76.7 cm³/mol. The number of hydrogen-bond acceptors (Lipinski definition) is 4. The van der Waals surface area contributed by atoms with E-state index in [1.807, 2.05) is 13.0 Å². The maximum absolute atomic E-state index is 11.7. The highest BCUT2D eigenvalue weighted by Gasteiger charge is 2.13. The van der Waals surface area contributed by atoms with Gasteiger partial charge in [0.15, 0.2) is 0 Å². The molecule has 110 valence electrons. The first-order valence-corrected chi connectivity index (χ1v) is 6.43. The Kier molecular flexibility index (Phi) is 4.55. The van der Waals surface area contributed by atoms with Gasteiger partial charge >= 0.3 is 11.8 Å². The molecule has 2 rings (SSSR count). The third kappa shape index (κ3) is 4.07. The quantitative estimate of drug-likeness (QED) is 0.720. The van der Waals surface area contributed by atoms with Crippen molar-refractivity contribution >= 4 is 17.5 Å². The molecule has 0 spiro atoms. The Morgan fingerprint density at radius 1 is 1.29 bits per heavy atom. The van der Waals surface area contributed by atoms with Gasteiger partial charge < -0.3 is 15.7 Å². The lowest BCUT2D eigenvalue weighted by atomic mass is 10.3. The molecule has 0 radical (unpaired) electrons. The van der Waals surface area contributed by atoms with E-state index in [0.717, 1.165) is 5.69 Å². The summed E-state index contributed by atoms with van der Waals surface area (Å²) < 4.78 is 1.73. The Bertz CT molecular complexity index is 651. The average Bonchev–Trinajstić information content (AvgIpc) is 2.84. The summed E-state index contributed by atoms with van der Waals surface area (Å²) >= 11 is 0. The Balaban J connectivity index is 1.80. The van der Waals surface area contributed by atoms with Gasteiger partial charge in [0.1, 0.15) is 5.75 Å². The van der Waals surface area contributed by atoms with Crippen molar-refractivity contribution in [3.8, 4) is 5.75 Å². The highest BCUT2D eigenvalue weighted by molar-refractivity contribution is 6.39. The van der Waals surface area contributed by atoms with Gasteiger partial charge in [-0.15, -0.1) is 0 Å². The number of carbonyl (C=O) groups excluding carboxylic acids is 2. The van der Waals surface area contributed by atoms with E-state index < -0.39 is 11.8 Å². The molecule has 7 heteroatoms. The SMILES string of the molecule is Cc1ccnn1CCNC(=O)C(=O)Nc1cccc(O)c1. The molecule has 0 fully saturated rings. The molecule has 0 saturated heterocycles. The number of aryl methyl sites for hydroxylation is 1. The molecular formula is C14H16N4O3. The summed E-state index contributed by atoms with van der Waals surface area (Å²) in [6, 6.07) is 7.85. The summed E-state index contributed by atoms with van der Waals surface area (Å²) in [5.41, 5.74) is 1.34. The van der Waals surface area contributed by atoms with Crippen molar-refractivity contribution in [1.29, 1.82) is 0 Å². The zero-order chi connectivity index (χ0) is 15.2. The van der Waals surface area contributed by atoms with E-state index in [1.165, 1.54) is 12.1 Å². The van der Waals surface area contributed by atoms with Gasteiger partial charge in [-0.25, -0.2) is 0 Å². The molecule has 3 N–H and O–H groups in total. The molecule has 21 heavy (non-hydrogen) atoms. The molecule has 1 aromatic heterocycles. The zero-order valence-electron chi connectivity index (χ0n) is 11.5. The first kappa shape index (κ1) is 14.6. The fraction of sp³-hybridized carbons (Fsp3) is 0.214. The Morgan fingerprint density at radius 3 is 2.76 bits per heavy atom. The van der Waals surface area contributed by atoms with Crippen LogP contribution in [0.5, 0.6) is 5.75 Å². The van der Waals surface area contributed by atoms with E-state index in [1.54, 1.807) is 23.0 Å². The minimum absolute atomic E-state index is 0.0161. The van der Waals surface area contributed by atoms with Crippen LogP contribution >= 0.6 is 0 Å². The second-order valence-corrected chi connectivity index (χ2v) is 4.46. The molecule has 0 unspecified atom stereocenters. The fourth-order valence-corrected chi connectivity index (χ4v) is 1.76. The van der Waals surface area contributed by atoms with Gasteiger partial charge in [-0.3, -0.25) is 14.3 Å². The molecule has 7 nitrogen and oxygen atoms in total. The molecule has 0 bridgehead atoms. The number of phenolic OH excluding ortho intramolecular Hbond substituents is 1. The van der Waals surface area contributed by atoms with Crippen LogP contribution in [0.15, 0.2) is 36.5 Å². The van der Waals surface area contributed by atoms with Crippen molar-refractivity contribution < 1.29 is 14.7 Å². The molecule has 2 amide bonds. The van der Waals surface area contributed by atoms with Gasteiger partial charge in [0.05, 0.1) is 6.54 Å². The first-order valence-electron chi connectivity index (χ1n) is 6.43. The second-order valence-electron chi connectivity index (χ2n) is 4.46. The van der Waals surface area contributed by atoms with Crippen LogP contribution in [-0.4, -0.2) is 33.2 Å². The summed E-state index contributed by atoms with van der Waals surface area (Å²) in [5, 5.41) is 18.3. The number of nitrogens with one attached hydrogen (secondary N) is 2. The highest BCUT2D eigenvalue weighted by Crippen LogP contribution is 2.14. The number of aromatic hydroxyl groups is 1. The van der Waals surface area contributed by atoms with Gasteiger partial charge in [0.25, 0.3) is 0 Å². The minimum Gasteiger partial charge on any atom is -0.508 e. The molecule has 0 aliphatic rings. The zero-order valence-corrected chi connectivity index (χ0v) is 11.5. The van der Waals surface area contributed by atoms with Crippen LogP contribution in [0.4, 0.5) is 5.69 Å². The molecule has 0 atom stereocenters. The van der Waals surface area contributed by atoms with Crippen molar-refractivity contribution in [3.63, 3.8) is 0 Å². The van der Waals surface area contributed by atoms with Gasteiger partial charge in [0.2, 0.25) is 0 Å². The van der Waals surface area contributed by atoms with E-state index in [0.29, 0.717) is 18.8 Å². The van der Waals surface area contributed by atoms with Crippen LogP contribution in [0.1, 0.15) is 5.69 Å². The Hall–Kier alpha value is -2.83. The van der Waals surface area contributed by atoms with Crippen LogP contribution in [0.3, 0.4) is 0 Å². The molecule has 0 saturated carbocycles. The summed E-state index contributed by atoms with van der Waals surface area (Å²) in [5.74, 6) is -1.50. The minimum atomic E-state index is -0.780. The van der Waals surface area contributed by atoms with Gasteiger partial charge in [-0.1, -0.05) is 6.07 Å². The number of hydrogen-bond donors (Lipinski definition) is 3. The van der Waals surface area contributed by atoms with Crippen molar-refractivity contribution in [1.82, 2.24) is 15.1 Å². The van der Waals surface area contributed by atoms with Gasteiger partial charge in [-0.2, -0.15) is 5.10 Å². The molecule has 2 aromatic rings. The largest absolute Gasteiger partial charge is 0.508 e.